The SMILES string of the molecule is CN(C(=O)COc1ccc(Oc2ccccc2)cc1)C1CCCC1. The highest BCUT2D eigenvalue weighted by Crippen LogP contribution is 2.24. The molecule has 1 saturated carbocycles. The third-order valence-electron chi connectivity index (χ3n) is 4.43. The average molecular weight is 325 g/mol. The Hall–Kier alpha value is -2.49. The van der Waals surface area contributed by atoms with Gasteiger partial charge < -0.3 is 14.4 Å². The standard InChI is InChI=1S/C20H23NO3/c1-21(16-7-5-6-8-16)20(22)15-23-17-11-13-19(14-12-17)24-18-9-3-2-4-10-18/h2-4,9-14,16H,5-8,15H2,1H3. The van der Waals surface area contributed by atoms with Gasteiger partial charge in [-0.3, -0.25) is 4.79 Å². The summed E-state index contributed by atoms with van der Waals surface area (Å²) >= 11 is 0. The molecule has 0 aliphatic heterocycles. The highest BCUT2D eigenvalue weighted by molar-refractivity contribution is 5.77. The molecule has 0 N–H and O–H groups in total. The zero-order chi connectivity index (χ0) is 16.8. The Kier molecular flexibility index (Phi) is 5.36. The van der Waals surface area contributed by atoms with Crippen LogP contribution in [0, 0.1) is 0 Å². The van der Waals surface area contributed by atoms with Crippen LogP contribution in [-0.4, -0.2) is 30.5 Å². The van der Waals surface area contributed by atoms with E-state index in [1.165, 1.54) is 12.8 Å². The lowest BCUT2D eigenvalue weighted by molar-refractivity contribution is -0.134. The van der Waals surface area contributed by atoms with Gasteiger partial charge in [0.1, 0.15) is 17.2 Å². The Morgan fingerprint density at radius 2 is 1.54 bits per heavy atom. The summed E-state index contributed by atoms with van der Waals surface area (Å²) in [6.45, 7) is 0.0753. The second-order valence-electron chi connectivity index (χ2n) is 6.12. The van der Waals surface area contributed by atoms with Crippen molar-refractivity contribution in [2.24, 2.45) is 0 Å². The molecule has 1 aliphatic carbocycles. The minimum Gasteiger partial charge on any atom is -0.484 e. The zero-order valence-corrected chi connectivity index (χ0v) is 14.0. The molecule has 24 heavy (non-hydrogen) atoms. The first-order chi connectivity index (χ1) is 11.7. The fourth-order valence-corrected chi connectivity index (χ4v) is 2.97. The van der Waals surface area contributed by atoms with E-state index >= 15 is 0 Å². The van der Waals surface area contributed by atoms with Gasteiger partial charge in [0.15, 0.2) is 6.61 Å². The number of rotatable bonds is 6. The number of hydrogen-bond donors (Lipinski definition) is 0. The van der Waals surface area contributed by atoms with Crippen LogP contribution in [0.1, 0.15) is 25.7 Å². The van der Waals surface area contributed by atoms with E-state index in [0.29, 0.717) is 11.8 Å². The molecule has 1 amide bonds. The second-order valence-corrected chi connectivity index (χ2v) is 6.12. The first-order valence-corrected chi connectivity index (χ1v) is 8.44. The van der Waals surface area contributed by atoms with Crippen molar-refractivity contribution in [3.63, 3.8) is 0 Å². The van der Waals surface area contributed by atoms with Crippen LogP contribution in [0.2, 0.25) is 0 Å². The van der Waals surface area contributed by atoms with Gasteiger partial charge in [-0.05, 0) is 49.2 Å². The predicted molar refractivity (Wildman–Crippen MR) is 93.5 cm³/mol. The quantitative estimate of drug-likeness (QED) is 0.796. The number of likely N-dealkylation sites (N-methyl/N-ethyl adjacent to an activating group) is 1. The van der Waals surface area contributed by atoms with Crippen molar-refractivity contribution in [2.45, 2.75) is 31.7 Å². The fourth-order valence-electron chi connectivity index (χ4n) is 2.97. The summed E-state index contributed by atoms with van der Waals surface area (Å²) in [5, 5.41) is 0. The molecule has 0 heterocycles. The minimum absolute atomic E-state index is 0.0338. The van der Waals surface area contributed by atoms with Crippen molar-refractivity contribution in [3.8, 4) is 17.2 Å². The number of para-hydroxylation sites is 1. The molecule has 1 aliphatic rings. The number of nitrogens with zero attached hydrogens (tertiary/aromatic N) is 1. The van der Waals surface area contributed by atoms with Gasteiger partial charge >= 0.3 is 0 Å². The summed E-state index contributed by atoms with van der Waals surface area (Å²) < 4.78 is 11.3. The van der Waals surface area contributed by atoms with Gasteiger partial charge in [0.25, 0.3) is 5.91 Å². The number of hydrogen-bond acceptors (Lipinski definition) is 3. The molecule has 2 aromatic rings. The van der Waals surface area contributed by atoms with E-state index < -0.39 is 0 Å². The highest BCUT2D eigenvalue weighted by Gasteiger charge is 2.23. The van der Waals surface area contributed by atoms with Gasteiger partial charge in [-0.25, -0.2) is 0 Å². The predicted octanol–water partition coefficient (Wildman–Crippen LogP) is 4.26. The molecule has 0 bridgehead atoms. The summed E-state index contributed by atoms with van der Waals surface area (Å²) in [5.74, 6) is 2.23. The molecular weight excluding hydrogens is 302 g/mol. The number of carbonyl (C=O) groups excluding carboxylic acids is 1. The topological polar surface area (TPSA) is 38.8 Å². The molecule has 0 spiro atoms. The molecule has 4 nitrogen and oxygen atoms in total. The van der Waals surface area contributed by atoms with Crippen LogP contribution in [0.4, 0.5) is 0 Å². The van der Waals surface area contributed by atoms with Crippen LogP contribution in [0.25, 0.3) is 0 Å². The summed E-state index contributed by atoms with van der Waals surface area (Å²) in [5.41, 5.74) is 0. The summed E-state index contributed by atoms with van der Waals surface area (Å²) in [4.78, 5) is 14.0. The number of ether oxygens (including phenoxy) is 2. The van der Waals surface area contributed by atoms with Gasteiger partial charge in [0.2, 0.25) is 0 Å². The van der Waals surface area contributed by atoms with Crippen LogP contribution < -0.4 is 9.47 Å². The fraction of sp³-hybridized carbons (Fsp3) is 0.350. The Labute approximate surface area is 143 Å². The first-order valence-electron chi connectivity index (χ1n) is 8.44. The highest BCUT2D eigenvalue weighted by atomic mass is 16.5. The van der Waals surface area contributed by atoms with Gasteiger partial charge in [-0.15, -0.1) is 0 Å². The largest absolute Gasteiger partial charge is 0.484 e. The molecule has 0 unspecified atom stereocenters. The first kappa shape index (κ1) is 16.4. The number of carbonyl (C=O) groups is 1. The molecule has 2 aromatic carbocycles. The summed E-state index contributed by atoms with van der Waals surface area (Å²) in [7, 11) is 1.87. The van der Waals surface area contributed by atoms with Crippen molar-refractivity contribution in [1.82, 2.24) is 4.90 Å². The van der Waals surface area contributed by atoms with Crippen LogP contribution >= 0.6 is 0 Å². The van der Waals surface area contributed by atoms with Crippen molar-refractivity contribution in [2.75, 3.05) is 13.7 Å². The third kappa shape index (κ3) is 4.28. The van der Waals surface area contributed by atoms with Crippen molar-refractivity contribution < 1.29 is 14.3 Å². The van der Waals surface area contributed by atoms with Crippen LogP contribution in [0.15, 0.2) is 54.6 Å². The molecule has 1 fully saturated rings. The van der Waals surface area contributed by atoms with Gasteiger partial charge in [0, 0.05) is 13.1 Å². The molecule has 3 rings (SSSR count). The maximum absolute atomic E-state index is 12.2. The molecule has 0 saturated heterocycles. The maximum Gasteiger partial charge on any atom is 0.260 e. The second kappa shape index (κ2) is 7.86. The van der Waals surface area contributed by atoms with E-state index in [-0.39, 0.29) is 12.5 Å². The van der Waals surface area contributed by atoms with Crippen molar-refractivity contribution in [1.29, 1.82) is 0 Å². The lowest BCUT2D eigenvalue weighted by atomic mass is 10.2. The van der Waals surface area contributed by atoms with Gasteiger partial charge in [-0.1, -0.05) is 31.0 Å². The molecular formula is C20H23NO3. The van der Waals surface area contributed by atoms with E-state index in [2.05, 4.69) is 0 Å². The maximum atomic E-state index is 12.2. The lowest BCUT2D eigenvalue weighted by Crippen LogP contribution is -2.38. The zero-order valence-electron chi connectivity index (χ0n) is 14.0. The van der Waals surface area contributed by atoms with Crippen LogP contribution in [0.5, 0.6) is 17.2 Å². The van der Waals surface area contributed by atoms with E-state index in [9.17, 15) is 4.79 Å². The lowest BCUT2D eigenvalue weighted by Gasteiger charge is -2.24. The third-order valence-corrected chi connectivity index (χ3v) is 4.43. The van der Waals surface area contributed by atoms with E-state index in [4.69, 9.17) is 9.47 Å². The minimum atomic E-state index is 0.0338. The Morgan fingerprint density at radius 1 is 0.958 bits per heavy atom. The van der Waals surface area contributed by atoms with E-state index in [1.54, 1.807) is 0 Å². The average Bonchev–Trinajstić information content (AvgIpc) is 3.16. The van der Waals surface area contributed by atoms with Crippen molar-refractivity contribution >= 4 is 5.91 Å². The van der Waals surface area contributed by atoms with Gasteiger partial charge in [0.05, 0.1) is 0 Å². The molecule has 4 heteroatoms. The van der Waals surface area contributed by atoms with E-state index in [1.807, 2.05) is 66.5 Å². The number of amides is 1. The molecule has 0 atom stereocenters. The Balaban J connectivity index is 1.50. The Bertz CT molecular complexity index is 648. The summed E-state index contributed by atoms with van der Waals surface area (Å²) in [6.07, 6.45) is 4.64. The Morgan fingerprint density at radius 3 is 2.21 bits per heavy atom. The smallest absolute Gasteiger partial charge is 0.260 e. The normalized spacial score (nSPS) is 14.4. The van der Waals surface area contributed by atoms with Crippen LogP contribution in [-0.2, 0) is 4.79 Å². The van der Waals surface area contributed by atoms with Crippen LogP contribution in [0.3, 0.4) is 0 Å². The number of benzene rings is 2. The van der Waals surface area contributed by atoms with E-state index in [0.717, 1.165) is 24.3 Å². The van der Waals surface area contributed by atoms with Crippen molar-refractivity contribution in [3.05, 3.63) is 54.6 Å². The van der Waals surface area contributed by atoms with Gasteiger partial charge in [-0.2, -0.15) is 0 Å². The molecule has 0 aromatic heterocycles. The monoisotopic (exact) mass is 325 g/mol. The molecule has 126 valence electrons. The molecule has 0 radical (unpaired) electrons. The summed E-state index contributed by atoms with van der Waals surface area (Å²) in [6, 6.07) is 17.3.